The molecule has 0 aliphatic heterocycles. The molecule has 0 unspecified atom stereocenters. The predicted molar refractivity (Wildman–Crippen MR) is 130 cm³/mol. The van der Waals surface area contributed by atoms with E-state index in [1.807, 2.05) is 51.3 Å². The third kappa shape index (κ3) is 3.44. The fourth-order valence-corrected chi connectivity index (χ4v) is 4.71. The number of imidazole rings is 1. The van der Waals surface area contributed by atoms with Crippen LogP contribution in [0, 0.1) is 0 Å². The molecule has 4 aromatic heterocycles. The van der Waals surface area contributed by atoms with Crippen LogP contribution in [0.4, 0.5) is 0 Å². The van der Waals surface area contributed by atoms with Gasteiger partial charge in [-0.25, -0.2) is 4.98 Å². The van der Waals surface area contributed by atoms with Crippen molar-refractivity contribution in [3.63, 3.8) is 0 Å². The zero-order chi connectivity index (χ0) is 22.4. The van der Waals surface area contributed by atoms with E-state index in [0.717, 1.165) is 55.1 Å². The van der Waals surface area contributed by atoms with Crippen molar-refractivity contribution in [2.24, 2.45) is 0 Å². The maximum absolute atomic E-state index is 5.36. The van der Waals surface area contributed by atoms with Gasteiger partial charge in [0.25, 0.3) is 0 Å². The quantitative estimate of drug-likeness (QED) is 0.345. The number of aromatic nitrogens is 5. The average Bonchev–Trinajstić information content (AvgIpc) is 3.46. The summed E-state index contributed by atoms with van der Waals surface area (Å²) in [6.07, 6.45) is 7.43. The van der Waals surface area contributed by atoms with Crippen LogP contribution in [-0.2, 0) is 0 Å². The lowest BCUT2D eigenvalue weighted by molar-refractivity contribution is 0.412. The van der Waals surface area contributed by atoms with Gasteiger partial charge in [-0.2, -0.15) is 9.19 Å². The van der Waals surface area contributed by atoms with E-state index in [1.54, 1.807) is 20.4 Å². The van der Waals surface area contributed by atoms with E-state index in [2.05, 4.69) is 45.4 Å². The lowest BCUT2D eigenvalue weighted by Crippen LogP contribution is -1.94. The fraction of sp³-hybridized carbons (Fsp3) is 0.0800. The van der Waals surface area contributed by atoms with Gasteiger partial charge in [0.2, 0.25) is 0 Å². The summed E-state index contributed by atoms with van der Waals surface area (Å²) in [4.78, 5) is 9.13. The molecule has 0 bridgehead atoms. The molecule has 0 radical (unpaired) electrons. The molecule has 4 heterocycles. The number of pyridine rings is 2. The van der Waals surface area contributed by atoms with Gasteiger partial charge in [-0.3, -0.25) is 9.38 Å². The van der Waals surface area contributed by atoms with Gasteiger partial charge in [0.1, 0.15) is 33.2 Å². The van der Waals surface area contributed by atoms with Crippen molar-refractivity contribution in [3.05, 3.63) is 79.4 Å². The molecule has 0 aliphatic rings. The molecule has 33 heavy (non-hydrogen) atoms. The van der Waals surface area contributed by atoms with Gasteiger partial charge in [0.15, 0.2) is 0 Å². The van der Waals surface area contributed by atoms with Gasteiger partial charge in [-0.1, -0.05) is 18.2 Å². The number of benzene rings is 2. The van der Waals surface area contributed by atoms with Crippen LogP contribution in [-0.4, -0.2) is 37.8 Å². The van der Waals surface area contributed by atoms with Crippen molar-refractivity contribution in [1.82, 2.24) is 23.6 Å². The highest BCUT2D eigenvalue weighted by Gasteiger charge is 2.12. The molecular weight excluding hydrogens is 434 g/mol. The zero-order valence-electron chi connectivity index (χ0n) is 18.0. The van der Waals surface area contributed by atoms with Crippen molar-refractivity contribution in [1.29, 1.82) is 0 Å². The number of nitrogens with zero attached hydrogens (tertiary/aromatic N) is 5. The Morgan fingerprint density at radius 3 is 2.45 bits per heavy atom. The molecule has 6 rings (SSSR count). The summed E-state index contributed by atoms with van der Waals surface area (Å²) >= 11 is 1.49. The Hall–Kier alpha value is -4.04. The number of hydrogen-bond acceptors (Lipinski definition) is 6. The number of rotatable bonds is 5. The molecule has 7 nitrogen and oxygen atoms in total. The minimum atomic E-state index is 0.769. The SMILES string of the molecule is COc1ccc2cc(-c3cnc4cnn(Sc5cnc6ccc(OC)cn56)c4c3)ccc2c1. The highest BCUT2D eigenvalue weighted by Crippen LogP contribution is 2.31. The molecule has 0 saturated carbocycles. The van der Waals surface area contributed by atoms with E-state index in [0.29, 0.717) is 0 Å². The highest BCUT2D eigenvalue weighted by atomic mass is 32.2. The van der Waals surface area contributed by atoms with Crippen LogP contribution in [0.1, 0.15) is 0 Å². The molecule has 0 spiro atoms. The summed E-state index contributed by atoms with van der Waals surface area (Å²) in [5, 5.41) is 7.77. The van der Waals surface area contributed by atoms with Crippen molar-refractivity contribution >= 4 is 39.4 Å². The van der Waals surface area contributed by atoms with Gasteiger partial charge in [-0.15, -0.1) is 0 Å². The lowest BCUT2D eigenvalue weighted by atomic mass is 10.0. The smallest absolute Gasteiger partial charge is 0.137 e. The predicted octanol–water partition coefficient (Wildman–Crippen LogP) is 5.47. The normalized spacial score (nSPS) is 11.5. The van der Waals surface area contributed by atoms with Crippen molar-refractivity contribution in [3.8, 4) is 22.6 Å². The third-order valence-electron chi connectivity index (χ3n) is 5.63. The molecule has 8 heteroatoms. The maximum Gasteiger partial charge on any atom is 0.137 e. The van der Waals surface area contributed by atoms with Gasteiger partial charge in [-0.05, 0) is 52.7 Å². The second-order valence-corrected chi connectivity index (χ2v) is 8.51. The van der Waals surface area contributed by atoms with E-state index in [1.165, 1.54) is 11.9 Å². The van der Waals surface area contributed by atoms with Gasteiger partial charge in [0, 0.05) is 23.7 Å². The Balaban J connectivity index is 1.39. The standard InChI is InChI=1S/C25H19N5O2S/c1-31-20-6-5-16-9-17(3-4-18(16)10-20)19-11-23-22(26-12-19)13-28-30(23)33-25-14-27-24-8-7-21(32-2)15-29(24)25/h3-15H,1-2H3. The minimum Gasteiger partial charge on any atom is -0.497 e. The number of hydrogen-bond donors (Lipinski definition) is 0. The molecule has 0 saturated heterocycles. The second-order valence-electron chi connectivity index (χ2n) is 7.56. The van der Waals surface area contributed by atoms with Crippen LogP contribution in [0.3, 0.4) is 0 Å². The van der Waals surface area contributed by atoms with Crippen molar-refractivity contribution < 1.29 is 9.47 Å². The molecule has 0 fully saturated rings. The van der Waals surface area contributed by atoms with Crippen LogP contribution in [0.15, 0.2) is 84.4 Å². The number of methoxy groups -OCH3 is 2. The first-order valence-electron chi connectivity index (χ1n) is 10.3. The lowest BCUT2D eigenvalue weighted by Gasteiger charge is -2.07. The Kier molecular flexibility index (Phi) is 4.66. The fourth-order valence-electron chi connectivity index (χ4n) is 3.86. The summed E-state index contributed by atoms with van der Waals surface area (Å²) in [5.74, 6) is 1.62. The highest BCUT2D eigenvalue weighted by molar-refractivity contribution is 7.97. The molecule has 162 valence electrons. The largest absolute Gasteiger partial charge is 0.497 e. The first kappa shape index (κ1) is 19.6. The van der Waals surface area contributed by atoms with Crippen LogP contribution in [0.5, 0.6) is 11.5 Å². The molecule has 0 N–H and O–H groups in total. The van der Waals surface area contributed by atoms with Gasteiger partial charge >= 0.3 is 0 Å². The monoisotopic (exact) mass is 453 g/mol. The summed E-state index contributed by atoms with van der Waals surface area (Å²) in [6.45, 7) is 0. The molecule has 0 atom stereocenters. The van der Waals surface area contributed by atoms with Crippen molar-refractivity contribution in [2.75, 3.05) is 14.2 Å². The van der Waals surface area contributed by atoms with E-state index in [4.69, 9.17) is 9.47 Å². The Morgan fingerprint density at radius 1 is 0.758 bits per heavy atom. The van der Waals surface area contributed by atoms with E-state index in [-0.39, 0.29) is 0 Å². The van der Waals surface area contributed by atoms with Gasteiger partial charge < -0.3 is 9.47 Å². The zero-order valence-corrected chi connectivity index (χ0v) is 18.8. The molecule has 6 aromatic rings. The molecule has 2 aromatic carbocycles. The first-order valence-corrected chi connectivity index (χ1v) is 11.1. The van der Waals surface area contributed by atoms with Gasteiger partial charge in [0.05, 0.1) is 32.8 Å². The van der Waals surface area contributed by atoms with Crippen LogP contribution in [0.2, 0.25) is 0 Å². The third-order valence-corrected chi connectivity index (χ3v) is 6.58. The number of ether oxygens (including phenoxy) is 2. The second kappa shape index (κ2) is 7.83. The van der Waals surface area contributed by atoms with E-state index in [9.17, 15) is 0 Å². The summed E-state index contributed by atoms with van der Waals surface area (Å²) in [5.41, 5.74) is 4.75. The Morgan fingerprint density at radius 2 is 1.58 bits per heavy atom. The van der Waals surface area contributed by atoms with Crippen LogP contribution in [0.25, 0.3) is 38.6 Å². The molecule has 0 amide bonds. The first-order chi connectivity index (χ1) is 16.2. The van der Waals surface area contributed by atoms with Crippen LogP contribution >= 0.6 is 11.9 Å². The summed E-state index contributed by atoms with van der Waals surface area (Å²) in [6, 6.07) is 18.4. The summed E-state index contributed by atoms with van der Waals surface area (Å²) < 4.78 is 14.6. The molecule has 0 aliphatic carbocycles. The Bertz CT molecular complexity index is 1640. The summed E-state index contributed by atoms with van der Waals surface area (Å²) in [7, 11) is 3.34. The topological polar surface area (TPSA) is 66.5 Å². The number of fused-ring (bicyclic) bond motifs is 3. The van der Waals surface area contributed by atoms with Crippen LogP contribution < -0.4 is 9.47 Å². The Labute approximate surface area is 193 Å². The van der Waals surface area contributed by atoms with E-state index < -0.39 is 0 Å². The van der Waals surface area contributed by atoms with E-state index >= 15 is 0 Å². The average molecular weight is 454 g/mol. The maximum atomic E-state index is 5.36. The van der Waals surface area contributed by atoms with Crippen molar-refractivity contribution in [2.45, 2.75) is 5.03 Å². The minimum absolute atomic E-state index is 0.769. The molecular formula is C25H19N5O2S.